The number of carbonyl (C=O) groups excluding carboxylic acids is 1. The number of hydrogen-bond acceptors (Lipinski definition) is 3. The van der Waals surface area contributed by atoms with E-state index < -0.39 is 23.3 Å². The van der Waals surface area contributed by atoms with E-state index in [2.05, 4.69) is 4.98 Å². The van der Waals surface area contributed by atoms with Gasteiger partial charge in [-0.2, -0.15) is 4.39 Å². The lowest BCUT2D eigenvalue weighted by Crippen LogP contribution is -2.18. The van der Waals surface area contributed by atoms with Gasteiger partial charge in [-0.25, -0.2) is 14.2 Å². The minimum absolute atomic E-state index is 0.280. The molecule has 1 heterocycles. The smallest absolute Gasteiger partial charge is 0.341 e. The Kier molecular flexibility index (Phi) is 4.23. The average molecular weight is 255 g/mol. The summed E-state index contributed by atoms with van der Waals surface area (Å²) in [5.41, 5.74) is -0.390. The summed E-state index contributed by atoms with van der Waals surface area (Å²) in [6.07, 6.45) is 6.60. The zero-order valence-corrected chi connectivity index (χ0v) is 9.99. The van der Waals surface area contributed by atoms with Crippen LogP contribution in [0.1, 0.15) is 42.5 Å². The maximum absolute atomic E-state index is 13.3. The first-order valence-electron chi connectivity index (χ1n) is 6.15. The second-order valence-corrected chi connectivity index (χ2v) is 4.57. The van der Waals surface area contributed by atoms with Crippen LogP contribution in [0.25, 0.3) is 0 Å². The first-order valence-corrected chi connectivity index (χ1v) is 6.15. The van der Waals surface area contributed by atoms with Crippen molar-refractivity contribution in [2.24, 2.45) is 5.92 Å². The summed E-state index contributed by atoms with van der Waals surface area (Å²) in [5.74, 6) is -3.00. The van der Waals surface area contributed by atoms with E-state index in [4.69, 9.17) is 4.74 Å². The van der Waals surface area contributed by atoms with Gasteiger partial charge < -0.3 is 4.74 Å². The van der Waals surface area contributed by atoms with Crippen LogP contribution in [-0.2, 0) is 4.74 Å². The number of carbonyl (C=O) groups is 1. The molecule has 0 bridgehead atoms. The van der Waals surface area contributed by atoms with Crippen molar-refractivity contribution in [2.75, 3.05) is 6.61 Å². The SMILES string of the molecule is O=C(OCC1CCCCC1)c1ccnc(F)c1F. The molecule has 98 valence electrons. The Bertz CT molecular complexity index is 431. The predicted octanol–water partition coefficient (Wildman–Crippen LogP) is 3.10. The molecule has 0 atom stereocenters. The fourth-order valence-electron chi connectivity index (χ4n) is 2.20. The van der Waals surface area contributed by atoms with Gasteiger partial charge >= 0.3 is 5.97 Å². The Hall–Kier alpha value is -1.52. The number of rotatable bonds is 3. The highest BCUT2D eigenvalue weighted by Crippen LogP contribution is 2.24. The van der Waals surface area contributed by atoms with Gasteiger partial charge in [0.2, 0.25) is 5.95 Å². The summed E-state index contributed by atoms with van der Waals surface area (Å²) in [5, 5.41) is 0. The molecule has 0 aromatic carbocycles. The Morgan fingerprint density at radius 3 is 2.78 bits per heavy atom. The van der Waals surface area contributed by atoms with Crippen molar-refractivity contribution in [1.29, 1.82) is 0 Å². The zero-order chi connectivity index (χ0) is 13.0. The summed E-state index contributed by atoms with van der Waals surface area (Å²) < 4.78 is 31.1. The van der Waals surface area contributed by atoms with Crippen molar-refractivity contribution >= 4 is 5.97 Å². The number of nitrogens with zero attached hydrogens (tertiary/aromatic N) is 1. The molecule has 0 saturated heterocycles. The van der Waals surface area contributed by atoms with Crippen LogP contribution in [0.2, 0.25) is 0 Å². The van der Waals surface area contributed by atoms with Crippen LogP contribution in [0.4, 0.5) is 8.78 Å². The molecule has 1 aromatic rings. The first kappa shape index (κ1) is 12.9. The van der Waals surface area contributed by atoms with Gasteiger partial charge in [0.05, 0.1) is 6.61 Å². The van der Waals surface area contributed by atoms with Crippen molar-refractivity contribution in [1.82, 2.24) is 4.98 Å². The summed E-state index contributed by atoms with van der Waals surface area (Å²) in [6, 6.07) is 1.13. The maximum Gasteiger partial charge on any atom is 0.341 e. The fraction of sp³-hybridized carbons (Fsp3) is 0.538. The van der Waals surface area contributed by atoms with Crippen LogP contribution in [-0.4, -0.2) is 17.6 Å². The van der Waals surface area contributed by atoms with Gasteiger partial charge in [-0.05, 0) is 24.8 Å². The van der Waals surface area contributed by atoms with Crippen molar-refractivity contribution < 1.29 is 18.3 Å². The van der Waals surface area contributed by atoms with Crippen LogP contribution in [0.3, 0.4) is 0 Å². The van der Waals surface area contributed by atoms with E-state index in [9.17, 15) is 13.6 Å². The second kappa shape index (κ2) is 5.89. The molecule has 2 rings (SSSR count). The molecule has 0 radical (unpaired) electrons. The van der Waals surface area contributed by atoms with Crippen LogP contribution >= 0.6 is 0 Å². The molecule has 1 saturated carbocycles. The zero-order valence-electron chi connectivity index (χ0n) is 9.99. The van der Waals surface area contributed by atoms with Crippen LogP contribution < -0.4 is 0 Å². The number of hydrogen-bond donors (Lipinski definition) is 0. The normalized spacial score (nSPS) is 16.6. The van der Waals surface area contributed by atoms with Gasteiger partial charge in [-0.15, -0.1) is 0 Å². The average Bonchev–Trinajstić information content (AvgIpc) is 2.40. The fourth-order valence-corrected chi connectivity index (χ4v) is 2.20. The molecule has 1 aliphatic rings. The molecule has 0 amide bonds. The Balaban J connectivity index is 1.93. The molecule has 3 nitrogen and oxygen atoms in total. The molecule has 1 fully saturated rings. The molecule has 0 N–H and O–H groups in total. The molecule has 1 aromatic heterocycles. The summed E-state index contributed by atoms with van der Waals surface area (Å²) >= 11 is 0. The summed E-state index contributed by atoms with van der Waals surface area (Å²) in [6.45, 7) is 0.280. The van der Waals surface area contributed by atoms with E-state index >= 15 is 0 Å². The van der Waals surface area contributed by atoms with E-state index in [-0.39, 0.29) is 6.61 Å². The maximum atomic E-state index is 13.3. The van der Waals surface area contributed by atoms with Crippen molar-refractivity contribution in [2.45, 2.75) is 32.1 Å². The lowest BCUT2D eigenvalue weighted by molar-refractivity contribution is 0.0403. The van der Waals surface area contributed by atoms with Crippen LogP contribution in [0.15, 0.2) is 12.3 Å². The van der Waals surface area contributed by atoms with Crippen LogP contribution in [0.5, 0.6) is 0 Å². The topological polar surface area (TPSA) is 39.2 Å². The van der Waals surface area contributed by atoms with E-state index in [0.717, 1.165) is 37.9 Å². The molecule has 1 aliphatic carbocycles. The Morgan fingerprint density at radius 1 is 1.33 bits per heavy atom. The van der Waals surface area contributed by atoms with Gasteiger partial charge in [0.1, 0.15) is 5.56 Å². The quantitative estimate of drug-likeness (QED) is 0.615. The van der Waals surface area contributed by atoms with Gasteiger partial charge in [0.25, 0.3) is 0 Å². The molecule has 0 spiro atoms. The number of aromatic nitrogens is 1. The number of esters is 1. The lowest BCUT2D eigenvalue weighted by atomic mass is 9.90. The highest BCUT2D eigenvalue weighted by atomic mass is 19.2. The third-order valence-electron chi connectivity index (χ3n) is 3.24. The van der Waals surface area contributed by atoms with Gasteiger partial charge in [0, 0.05) is 6.20 Å². The monoisotopic (exact) mass is 255 g/mol. The minimum atomic E-state index is -1.28. The van der Waals surface area contributed by atoms with E-state index in [1.165, 1.54) is 6.42 Å². The Labute approximate surface area is 104 Å². The van der Waals surface area contributed by atoms with Gasteiger partial charge in [0.15, 0.2) is 5.82 Å². The standard InChI is InChI=1S/C13H15F2NO2/c14-11-10(6-7-16-12(11)15)13(17)18-8-9-4-2-1-3-5-9/h6-7,9H,1-5,8H2. The molecular weight excluding hydrogens is 240 g/mol. The van der Waals surface area contributed by atoms with Gasteiger partial charge in [-0.3, -0.25) is 0 Å². The van der Waals surface area contributed by atoms with Crippen molar-refractivity contribution in [3.8, 4) is 0 Å². The highest BCUT2D eigenvalue weighted by Gasteiger charge is 2.20. The van der Waals surface area contributed by atoms with E-state index in [0.29, 0.717) is 5.92 Å². The first-order chi connectivity index (χ1) is 8.68. The van der Waals surface area contributed by atoms with Crippen molar-refractivity contribution in [3.63, 3.8) is 0 Å². The number of halogens is 2. The Morgan fingerprint density at radius 2 is 2.06 bits per heavy atom. The number of pyridine rings is 1. The molecule has 18 heavy (non-hydrogen) atoms. The molecular formula is C13H15F2NO2. The number of ether oxygens (including phenoxy) is 1. The van der Waals surface area contributed by atoms with E-state index in [1.807, 2.05) is 0 Å². The molecule has 0 aliphatic heterocycles. The largest absolute Gasteiger partial charge is 0.462 e. The third-order valence-corrected chi connectivity index (χ3v) is 3.24. The second-order valence-electron chi connectivity index (χ2n) is 4.57. The van der Waals surface area contributed by atoms with E-state index in [1.54, 1.807) is 0 Å². The lowest BCUT2D eigenvalue weighted by Gasteiger charge is -2.21. The minimum Gasteiger partial charge on any atom is -0.462 e. The third kappa shape index (κ3) is 3.03. The van der Waals surface area contributed by atoms with Crippen molar-refractivity contribution in [3.05, 3.63) is 29.6 Å². The van der Waals surface area contributed by atoms with Crippen LogP contribution in [0, 0.1) is 17.7 Å². The summed E-state index contributed by atoms with van der Waals surface area (Å²) in [4.78, 5) is 14.7. The molecule has 5 heteroatoms. The molecule has 0 unspecified atom stereocenters. The predicted molar refractivity (Wildman–Crippen MR) is 61.0 cm³/mol. The highest BCUT2D eigenvalue weighted by molar-refractivity contribution is 5.89. The summed E-state index contributed by atoms with van der Waals surface area (Å²) in [7, 11) is 0. The van der Waals surface area contributed by atoms with Gasteiger partial charge in [-0.1, -0.05) is 19.3 Å².